The van der Waals surface area contributed by atoms with E-state index < -0.39 is 0 Å². The molecule has 76 valence electrons. The Morgan fingerprint density at radius 3 is 3.23 bits per heavy atom. The first-order valence-electron chi connectivity index (χ1n) is 4.87. The van der Waals surface area contributed by atoms with Crippen molar-refractivity contribution in [3.05, 3.63) is 12.2 Å². The summed E-state index contributed by atoms with van der Waals surface area (Å²) >= 11 is 2.06. The van der Waals surface area contributed by atoms with Crippen LogP contribution in [0.15, 0.2) is 12.2 Å². The summed E-state index contributed by atoms with van der Waals surface area (Å²) in [6.07, 6.45) is 5.95. The number of nitrogens with one attached hydrogen (secondary N) is 1. The number of hydrogen-bond acceptors (Lipinski definition) is 3. The van der Waals surface area contributed by atoms with Gasteiger partial charge in [0.25, 0.3) is 0 Å². The van der Waals surface area contributed by atoms with Crippen LogP contribution in [0, 0.1) is 5.92 Å². The van der Waals surface area contributed by atoms with Crippen molar-refractivity contribution < 1.29 is 4.74 Å². The van der Waals surface area contributed by atoms with Crippen LogP contribution in [0.2, 0.25) is 0 Å². The monoisotopic (exact) mass is 201 g/mol. The van der Waals surface area contributed by atoms with Crippen molar-refractivity contribution in [3.8, 4) is 0 Å². The molecule has 2 nitrogen and oxygen atoms in total. The van der Waals surface area contributed by atoms with E-state index in [4.69, 9.17) is 4.74 Å². The Labute approximate surface area is 85.1 Å². The summed E-state index contributed by atoms with van der Waals surface area (Å²) in [6.45, 7) is 2.72. The van der Waals surface area contributed by atoms with Crippen LogP contribution >= 0.6 is 11.8 Å². The summed E-state index contributed by atoms with van der Waals surface area (Å²) < 4.78 is 4.93. The summed E-state index contributed by atoms with van der Waals surface area (Å²) in [4.78, 5) is 0. The van der Waals surface area contributed by atoms with Gasteiger partial charge in [-0.2, -0.15) is 11.8 Å². The molecule has 0 bridgehead atoms. The Balaban J connectivity index is 1.91. The van der Waals surface area contributed by atoms with E-state index in [0.29, 0.717) is 0 Å². The minimum atomic E-state index is 0.799. The summed E-state index contributed by atoms with van der Waals surface area (Å²) in [5.41, 5.74) is 0. The van der Waals surface area contributed by atoms with Crippen LogP contribution in [0.3, 0.4) is 0 Å². The lowest BCUT2D eigenvalue weighted by Crippen LogP contribution is -2.19. The van der Waals surface area contributed by atoms with Crippen molar-refractivity contribution in [2.24, 2.45) is 5.92 Å². The normalized spacial score (nSPS) is 23.0. The molecule has 1 rings (SSSR count). The fourth-order valence-electron chi connectivity index (χ4n) is 1.32. The van der Waals surface area contributed by atoms with Gasteiger partial charge in [-0.25, -0.2) is 0 Å². The van der Waals surface area contributed by atoms with E-state index in [1.54, 1.807) is 7.11 Å². The molecule has 1 heterocycles. The summed E-state index contributed by atoms with van der Waals surface area (Å²) in [5.74, 6) is 3.48. The quantitative estimate of drug-likeness (QED) is 0.520. The zero-order valence-electron chi connectivity index (χ0n) is 8.29. The van der Waals surface area contributed by atoms with Crippen LogP contribution in [0.25, 0.3) is 0 Å². The van der Waals surface area contributed by atoms with E-state index in [0.717, 1.165) is 25.6 Å². The molecule has 1 N–H and O–H groups in total. The van der Waals surface area contributed by atoms with Crippen LogP contribution in [0.5, 0.6) is 0 Å². The van der Waals surface area contributed by atoms with Crippen LogP contribution in [-0.4, -0.2) is 38.3 Å². The second-order valence-electron chi connectivity index (χ2n) is 3.25. The predicted octanol–water partition coefficient (Wildman–Crippen LogP) is 1.53. The molecule has 13 heavy (non-hydrogen) atoms. The predicted molar refractivity (Wildman–Crippen MR) is 59.3 cm³/mol. The number of ether oxygens (including phenoxy) is 1. The first kappa shape index (κ1) is 11.1. The van der Waals surface area contributed by atoms with Crippen molar-refractivity contribution in [1.29, 1.82) is 0 Å². The molecule has 1 aliphatic rings. The highest BCUT2D eigenvalue weighted by molar-refractivity contribution is 7.99. The number of rotatable bonds is 6. The van der Waals surface area contributed by atoms with E-state index in [1.165, 1.54) is 17.9 Å². The lowest BCUT2D eigenvalue weighted by molar-refractivity contribution is 0.200. The van der Waals surface area contributed by atoms with E-state index >= 15 is 0 Å². The Morgan fingerprint density at radius 2 is 2.54 bits per heavy atom. The second kappa shape index (κ2) is 7.42. The first-order valence-corrected chi connectivity index (χ1v) is 6.03. The van der Waals surface area contributed by atoms with Crippen LogP contribution in [0.4, 0.5) is 0 Å². The smallest absolute Gasteiger partial charge is 0.0587 e. The Hall–Kier alpha value is 0.01000. The third-order valence-electron chi connectivity index (χ3n) is 2.12. The van der Waals surface area contributed by atoms with Gasteiger partial charge in [-0.3, -0.25) is 0 Å². The van der Waals surface area contributed by atoms with E-state index in [1.807, 2.05) is 0 Å². The molecule has 1 atom stereocenters. The fourth-order valence-corrected chi connectivity index (χ4v) is 2.54. The highest BCUT2D eigenvalue weighted by Gasteiger charge is 2.10. The minimum Gasteiger partial charge on any atom is -0.383 e. The number of hydrogen-bond donors (Lipinski definition) is 1. The van der Waals surface area contributed by atoms with Crippen LogP contribution in [-0.2, 0) is 4.74 Å². The molecule has 0 radical (unpaired) electrons. The maximum absolute atomic E-state index is 4.93. The van der Waals surface area contributed by atoms with Crippen molar-refractivity contribution in [1.82, 2.24) is 5.32 Å². The average molecular weight is 201 g/mol. The van der Waals surface area contributed by atoms with Crippen LogP contribution in [0.1, 0.15) is 6.42 Å². The van der Waals surface area contributed by atoms with Gasteiger partial charge in [0.2, 0.25) is 0 Å². The Bertz CT molecular complexity index is 144. The van der Waals surface area contributed by atoms with E-state index in [2.05, 4.69) is 29.2 Å². The molecular weight excluding hydrogens is 182 g/mol. The summed E-state index contributed by atoms with van der Waals surface area (Å²) in [7, 11) is 1.73. The maximum Gasteiger partial charge on any atom is 0.0587 e. The molecule has 1 unspecified atom stereocenters. The third kappa shape index (κ3) is 5.34. The van der Waals surface area contributed by atoms with Gasteiger partial charge < -0.3 is 10.1 Å². The second-order valence-corrected chi connectivity index (χ2v) is 4.40. The van der Waals surface area contributed by atoms with Gasteiger partial charge in [-0.05, 0) is 23.8 Å². The van der Waals surface area contributed by atoms with Crippen molar-refractivity contribution in [3.63, 3.8) is 0 Å². The average Bonchev–Trinajstić information content (AvgIpc) is 2.63. The molecular formula is C10H19NOS. The van der Waals surface area contributed by atoms with Gasteiger partial charge in [0.1, 0.15) is 0 Å². The topological polar surface area (TPSA) is 21.3 Å². The van der Waals surface area contributed by atoms with Crippen molar-refractivity contribution in [2.75, 3.05) is 38.3 Å². The molecule has 1 fully saturated rings. The zero-order valence-corrected chi connectivity index (χ0v) is 9.11. The Morgan fingerprint density at radius 1 is 1.62 bits per heavy atom. The van der Waals surface area contributed by atoms with Crippen molar-refractivity contribution >= 4 is 11.8 Å². The van der Waals surface area contributed by atoms with Gasteiger partial charge in [-0.15, -0.1) is 0 Å². The molecule has 1 saturated heterocycles. The van der Waals surface area contributed by atoms with Gasteiger partial charge in [0.15, 0.2) is 0 Å². The lowest BCUT2D eigenvalue weighted by atomic mass is 10.1. The molecule has 3 heteroatoms. The van der Waals surface area contributed by atoms with E-state index in [-0.39, 0.29) is 0 Å². The number of thioether (sulfide) groups is 1. The third-order valence-corrected chi connectivity index (χ3v) is 3.31. The summed E-state index contributed by atoms with van der Waals surface area (Å²) in [6, 6.07) is 0. The van der Waals surface area contributed by atoms with Gasteiger partial charge in [0.05, 0.1) is 6.61 Å². The lowest BCUT2D eigenvalue weighted by Gasteiger charge is -2.01. The number of methoxy groups -OCH3 is 1. The van der Waals surface area contributed by atoms with Gasteiger partial charge in [0, 0.05) is 20.2 Å². The van der Waals surface area contributed by atoms with Crippen molar-refractivity contribution in [2.45, 2.75) is 6.42 Å². The highest BCUT2D eigenvalue weighted by atomic mass is 32.2. The fraction of sp³-hybridized carbons (Fsp3) is 0.800. The molecule has 0 aromatic rings. The summed E-state index contributed by atoms with van der Waals surface area (Å²) in [5, 5.41) is 3.29. The van der Waals surface area contributed by atoms with E-state index in [9.17, 15) is 0 Å². The van der Waals surface area contributed by atoms with Gasteiger partial charge >= 0.3 is 0 Å². The first-order chi connectivity index (χ1) is 6.43. The zero-order chi connectivity index (χ0) is 9.36. The maximum atomic E-state index is 4.93. The molecule has 0 saturated carbocycles. The standard InChI is InChI=1S/C10H19NOS/c1-12-7-6-11-5-2-3-10-4-8-13-9-10/h2-3,10-11H,4-9H2,1H3/b3-2+. The largest absolute Gasteiger partial charge is 0.383 e. The Kier molecular flexibility index (Phi) is 6.33. The van der Waals surface area contributed by atoms with Gasteiger partial charge in [-0.1, -0.05) is 12.2 Å². The molecule has 0 aromatic carbocycles. The van der Waals surface area contributed by atoms with Crippen LogP contribution < -0.4 is 5.32 Å². The molecule has 1 aliphatic heterocycles. The minimum absolute atomic E-state index is 0.799. The highest BCUT2D eigenvalue weighted by Crippen LogP contribution is 2.23. The molecule has 0 aliphatic carbocycles. The SMILES string of the molecule is COCCNC/C=C/C1CCSC1. The molecule has 0 aromatic heterocycles. The molecule has 0 spiro atoms. The molecule has 0 amide bonds. The number of allylic oxidation sites excluding steroid dienone is 1.